The largest absolute Gasteiger partial charge is 0.343 e. The zero-order valence-corrected chi connectivity index (χ0v) is 11.7. The van der Waals surface area contributed by atoms with E-state index < -0.39 is 0 Å². The molecule has 108 valence electrons. The molecule has 2 rings (SSSR count). The first-order valence-corrected chi connectivity index (χ1v) is 7.58. The average Bonchev–Trinajstić information content (AvgIpc) is 2.81. The van der Waals surface area contributed by atoms with Crippen molar-refractivity contribution in [2.75, 3.05) is 32.7 Å². The van der Waals surface area contributed by atoms with E-state index in [1.807, 2.05) is 9.80 Å². The standard InChI is InChI=1S/C14H25N3O2/c18-13(16-9-5-6-10-16)7-8-15-14(19)17-11-3-1-2-4-12-17/h1-12H2,(H,15,19). The first kappa shape index (κ1) is 14.2. The lowest BCUT2D eigenvalue weighted by atomic mass is 10.2. The SMILES string of the molecule is O=C(CCNC(=O)N1CCCCCC1)N1CCCC1. The first-order valence-electron chi connectivity index (χ1n) is 7.58. The molecular weight excluding hydrogens is 242 g/mol. The molecule has 0 aromatic carbocycles. The summed E-state index contributed by atoms with van der Waals surface area (Å²) in [4.78, 5) is 27.5. The molecule has 2 heterocycles. The zero-order chi connectivity index (χ0) is 13.5. The van der Waals surface area contributed by atoms with Crippen LogP contribution in [0.1, 0.15) is 44.9 Å². The van der Waals surface area contributed by atoms with Crippen LogP contribution in [0.15, 0.2) is 0 Å². The number of nitrogens with zero attached hydrogens (tertiary/aromatic N) is 2. The molecule has 2 aliphatic rings. The van der Waals surface area contributed by atoms with Gasteiger partial charge < -0.3 is 15.1 Å². The molecule has 0 aromatic rings. The third kappa shape index (κ3) is 4.40. The van der Waals surface area contributed by atoms with Gasteiger partial charge in [0, 0.05) is 39.1 Å². The molecule has 0 atom stereocenters. The molecule has 3 amide bonds. The van der Waals surface area contributed by atoms with E-state index in [1.165, 1.54) is 12.8 Å². The third-order valence-corrected chi connectivity index (χ3v) is 3.97. The van der Waals surface area contributed by atoms with Gasteiger partial charge in [0.15, 0.2) is 0 Å². The third-order valence-electron chi connectivity index (χ3n) is 3.97. The van der Waals surface area contributed by atoms with E-state index in [0.717, 1.165) is 51.9 Å². The van der Waals surface area contributed by atoms with E-state index >= 15 is 0 Å². The van der Waals surface area contributed by atoms with Gasteiger partial charge in [-0.3, -0.25) is 4.79 Å². The molecule has 0 aliphatic carbocycles. The lowest BCUT2D eigenvalue weighted by Crippen LogP contribution is -2.42. The van der Waals surface area contributed by atoms with Gasteiger partial charge in [0.05, 0.1) is 0 Å². The molecule has 0 spiro atoms. The van der Waals surface area contributed by atoms with Crippen molar-refractivity contribution in [3.63, 3.8) is 0 Å². The quantitative estimate of drug-likeness (QED) is 0.844. The molecule has 0 radical (unpaired) electrons. The summed E-state index contributed by atoms with van der Waals surface area (Å²) in [6.45, 7) is 3.94. The second-order valence-corrected chi connectivity index (χ2v) is 5.47. The predicted molar refractivity (Wildman–Crippen MR) is 73.9 cm³/mol. The van der Waals surface area contributed by atoms with Gasteiger partial charge in [-0.25, -0.2) is 4.79 Å². The van der Waals surface area contributed by atoms with Crippen molar-refractivity contribution in [1.29, 1.82) is 0 Å². The molecule has 2 aliphatic heterocycles. The maximum Gasteiger partial charge on any atom is 0.317 e. The average molecular weight is 267 g/mol. The van der Waals surface area contributed by atoms with E-state index in [2.05, 4.69) is 5.32 Å². The fourth-order valence-electron chi connectivity index (χ4n) is 2.79. The minimum Gasteiger partial charge on any atom is -0.343 e. The van der Waals surface area contributed by atoms with Crippen LogP contribution in [0.4, 0.5) is 4.79 Å². The Morgan fingerprint density at radius 3 is 1.95 bits per heavy atom. The van der Waals surface area contributed by atoms with Crippen molar-refractivity contribution in [3.8, 4) is 0 Å². The Balaban J connectivity index is 1.63. The van der Waals surface area contributed by atoms with Crippen LogP contribution in [0.5, 0.6) is 0 Å². The molecule has 2 saturated heterocycles. The van der Waals surface area contributed by atoms with Gasteiger partial charge in [-0.1, -0.05) is 12.8 Å². The highest BCUT2D eigenvalue weighted by Gasteiger charge is 2.18. The number of carbonyl (C=O) groups excluding carboxylic acids is 2. The van der Waals surface area contributed by atoms with Gasteiger partial charge in [-0.05, 0) is 25.7 Å². The predicted octanol–water partition coefficient (Wildman–Crippen LogP) is 1.58. The summed E-state index contributed by atoms with van der Waals surface area (Å²) in [6, 6.07) is -0.00359. The summed E-state index contributed by atoms with van der Waals surface area (Å²) in [5.41, 5.74) is 0. The lowest BCUT2D eigenvalue weighted by Gasteiger charge is -2.21. The normalized spacial score (nSPS) is 20.2. The summed E-state index contributed by atoms with van der Waals surface area (Å²) in [6.07, 6.45) is 7.30. The fourth-order valence-corrected chi connectivity index (χ4v) is 2.79. The van der Waals surface area contributed by atoms with Crippen LogP contribution < -0.4 is 5.32 Å². The minimum absolute atomic E-state index is 0.00359. The van der Waals surface area contributed by atoms with Crippen LogP contribution >= 0.6 is 0 Å². The molecule has 2 fully saturated rings. The van der Waals surface area contributed by atoms with Gasteiger partial charge >= 0.3 is 6.03 Å². The van der Waals surface area contributed by atoms with Gasteiger partial charge in [-0.15, -0.1) is 0 Å². The Kier molecular flexibility index (Phi) is 5.48. The Hall–Kier alpha value is -1.26. The van der Waals surface area contributed by atoms with Gasteiger partial charge in [0.25, 0.3) is 0 Å². The Morgan fingerprint density at radius 2 is 1.32 bits per heavy atom. The van der Waals surface area contributed by atoms with E-state index in [9.17, 15) is 9.59 Å². The number of urea groups is 1. The maximum atomic E-state index is 11.9. The van der Waals surface area contributed by atoms with E-state index in [4.69, 9.17) is 0 Å². The van der Waals surface area contributed by atoms with Gasteiger partial charge in [0.2, 0.25) is 5.91 Å². The van der Waals surface area contributed by atoms with Crippen molar-refractivity contribution in [2.24, 2.45) is 0 Å². The van der Waals surface area contributed by atoms with Crippen molar-refractivity contribution >= 4 is 11.9 Å². The number of hydrogen-bond acceptors (Lipinski definition) is 2. The zero-order valence-electron chi connectivity index (χ0n) is 11.7. The molecule has 19 heavy (non-hydrogen) atoms. The van der Waals surface area contributed by atoms with E-state index in [-0.39, 0.29) is 11.9 Å². The van der Waals surface area contributed by atoms with Crippen LogP contribution in [0.2, 0.25) is 0 Å². The number of carbonyl (C=O) groups is 2. The van der Waals surface area contributed by atoms with Crippen LogP contribution in [0, 0.1) is 0 Å². The van der Waals surface area contributed by atoms with E-state index in [1.54, 1.807) is 0 Å². The molecular formula is C14H25N3O2. The van der Waals surface area contributed by atoms with Crippen molar-refractivity contribution in [1.82, 2.24) is 15.1 Å². The Bertz CT molecular complexity index is 306. The number of rotatable bonds is 3. The lowest BCUT2D eigenvalue weighted by molar-refractivity contribution is -0.129. The molecule has 5 nitrogen and oxygen atoms in total. The van der Waals surface area contributed by atoms with Crippen LogP contribution in [0.3, 0.4) is 0 Å². The number of nitrogens with one attached hydrogen (secondary N) is 1. The molecule has 0 saturated carbocycles. The van der Waals surface area contributed by atoms with Gasteiger partial charge in [-0.2, -0.15) is 0 Å². The minimum atomic E-state index is -0.00359. The van der Waals surface area contributed by atoms with Gasteiger partial charge in [0.1, 0.15) is 0 Å². The van der Waals surface area contributed by atoms with Crippen molar-refractivity contribution in [3.05, 3.63) is 0 Å². The highest BCUT2D eigenvalue weighted by Crippen LogP contribution is 2.10. The molecule has 0 aromatic heterocycles. The van der Waals surface area contributed by atoms with Crippen LogP contribution in [0.25, 0.3) is 0 Å². The summed E-state index contributed by atoms with van der Waals surface area (Å²) in [7, 11) is 0. The molecule has 0 unspecified atom stereocenters. The first-order chi connectivity index (χ1) is 9.27. The highest BCUT2D eigenvalue weighted by molar-refractivity contribution is 5.78. The monoisotopic (exact) mass is 267 g/mol. The number of hydrogen-bond donors (Lipinski definition) is 1. The second kappa shape index (κ2) is 7.36. The van der Waals surface area contributed by atoms with Crippen molar-refractivity contribution in [2.45, 2.75) is 44.9 Å². The smallest absolute Gasteiger partial charge is 0.317 e. The van der Waals surface area contributed by atoms with E-state index in [0.29, 0.717) is 13.0 Å². The fraction of sp³-hybridized carbons (Fsp3) is 0.857. The summed E-state index contributed by atoms with van der Waals surface area (Å²) >= 11 is 0. The number of likely N-dealkylation sites (tertiary alicyclic amines) is 2. The Morgan fingerprint density at radius 1 is 0.789 bits per heavy atom. The second-order valence-electron chi connectivity index (χ2n) is 5.47. The summed E-state index contributed by atoms with van der Waals surface area (Å²) in [5, 5.41) is 2.87. The number of amides is 3. The topological polar surface area (TPSA) is 52.7 Å². The summed E-state index contributed by atoms with van der Waals surface area (Å²) < 4.78 is 0. The molecule has 1 N–H and O–H groups in total. The molecule has 0 bridgehead atoms. The van der Waals surface area contributed by atoms with Crippen LogP contribution in [-0.4, -0.2) is 54.5 Å². The summed E-state index contributed by atoms with van der Waals surface area (Å²) in [5.74, 6) is 0.175. The molecule has 5 heteroatoms. The van der Waals surface area contributed by atoms with Crippen molar-refractivity contribution < 1.29 is 9.59 Å². The highest BCUT2D eigenvalue weighted by atomic mass is 16.2. The maximum absolute atomic E-state index is 11.9. The van der Waals surface area contributed by atoms with Crippen LogP contribution in [-0.2, 0) is 4.79 Å². The Labute approximate surface area is 115 Å².